The molecule has 1 amide bonds. The molecule has 1 N–H and O–H groups in total. The molecule has 3 rings (SSSR count). The molecule has 0 bridgehead atoms. The van der Waals surface area contributed by atoms with Gasteiger partial charge in [-0.3, -0.25) is 14.9 Å². The van der Waals surface area contributed by atoms with Crippen LogP contribution in [0.5, 0.6) is 0 Å². The fourth-order valence-electron chi connectivity index (χ4n) is 3.16. The van der Waals surface area contributed by atoms with Crippen LogP contribution in [0.2, 0.25) is 0 Å². The Labute approximate surface area is 159 Å². The zero-order valence-corrected chi connectivity index (χ0v) is 15.9. The van der Waals surface area contributed by atoms with Crippen molar-refractivity contribution in [1.29, 1.82) is 0 Å². The van der Waals surface area contributed by atoms with E-state index in [1.165, 1.54) is 6.07 Å². The number of piperidine rings is 1. The van der Waals surface area contributed by atoms with E-state index >= 15 is 0 Å². The van der Waals surface area contributed by atoms with Crippen molar-refractivity contribution in [3.05, 3.63) is 56.7 Å². The number of nitrogens with one attached hydrogen (secondary N) is 1. The van der Waals surface area contributed by atoms with E-state index in [1.807, 2.05) is 24.0 Å². The van der Waals surface area contributed by atoms with Crippen LogP contribution in [-0.2, 0) is 4.79 Å². The first-order chi connectivity index (χ1) is 12.4. The average molecular weight is 419 g/mol. The van der Waals surface area contributed by atoms with Gasteiger partial charge in [0.25, 0.3) is 5.69 Å². The first-order valence-electron chi connectivity index (χ1n) is 8.37. The predicted molar refractivity (Wildman–Crippen MR) is 103 cm³/mol. The molecule has 7 nitrogen and oxygen atoms in total. The van der Waals surface area contributed by atoms with E-state index < -0.39 is 0 Å². The van der Waals surface area contributed by atoms with Crippen LogP contribution in [-0.4, -0.2) is 28.9 Å². The van der Waals surface area contributed by atoms with Crippen molar-refractivity contribution < 1.29 is 9.72 Å². The van der Waals surface area contributed by atoms with E-state index in [0.717, 1.165) is 18.5 Å². The van der Waals surface area contributed by atoms with Crippen molar-refractivity contribution in [2.45, 2.75) is 19.8 Å². The lowest BCUT2D eigenvalue weighted by Crippen LogP contribution is -2.41. The van der Waals surface area contributed by atoms with Crippen LogP contribution in [0.25, 0.3) is 0 Å². The van der Waals surface area contributed by atoms with Crippen molar-refractivity contribution in [1.82, 2.24) is 4.98 Å². The van der Waals surface area contributed by atoms with Gasteiger partial charge in [-0.25, -0.2) is 4.98 Å². The Balaban J connectivity index is 1.75. The molecule has 26 heavy (non-hydrogen) atoms. The summed E-state index contributed by atoms with van der Waals surface area (Å²) in [7, 11) is 0. The Morgan fingerprint density at radius 1 is 1.38 bits per heavy atom. The van der Waals surface area contributed by atoms with E-state index in [2.05, 4.69) is 26.2 Å². The van der Waals surface area contributed by atoms with Gasteiger partial charge in [-0.2, -0.15) is 0 Å². The number of aromatic nitrogens is 1. The number of nitro groups is 1. The Kier molecular flexibility index (Phi) is 5.51. The second kappa shape index (κ2) is 7.82. The second-order valence-corrected chi connectivity index (χ2v) is 7.24. The van der Waals surface area contributed by atoms with Gasteiger partial charge in [-0.15, -0.1) is 0 Å². The number of halogens is 1. The van der Waals surface area contributed by atoms with Crippen LogP contribution in [0.4, 0.5) is 17.2 Å². The summed E-state index contributed by atoms with van der Waals surface area (Å²) < 4.78 is 0.657. The van der Waals surface area contributed by atoms with Gasteiger partial charge in [0.1, 0.15) is 11.5 Å². The Hall–Kier alpha value is -2.48. The van der Waals surface area contributed by atoms with Gasteiger partial charge in [0.05, 0.1) is 10.8 Å². The highest BCUT2D eigenvalue weighted by atomic mass is 79.9. The van der Waals surface area contributed by atoms with E-state index in [-0.39, 0.29) is 22.4 Å². The standard InChI is InChI=1S/C18H19BrN4O3/c1-12-4-2-6-17(20-12)21-18(24)13-5-3-9-22(11-13)15-8-7-14(19)10-16(15)23(25)26/h2,4,6-8,10,13H,3,5,9,11H2,1H3,(H,20,21,24). The number of hydrogen-bond donors (Lipinski definition) is 1. The maximum absolute atomic E-state index is 12.6. The maximum atomic E-state index is 12.6. The SMILES string of the molecule is Cc1cccc(NC(=O)C2CCCN(c3ccc(Br)cc3[N+](=O)[O-])C2)n1. The molecule has 1 fully saturated rings. The molecule has 1 aliphatic rings. The number of hydrogen-bond acceptors (Lipinski definition) is 5. The van der Waals surface area contributed by atoms with Gasteiger partial charge >= 0.3 is 0 Å². The molecule has 8 heteroatoms. The Bertz CT molecular complexity index is 843. The van der Waals surface area contributed by atoms with Crippen molar-refractivity contribution in [3.8, 4) is 0 Å². The molecule has 0 radical (unpaired) electrons. The highest BCUT2D eigenvalue weighted by Crippen LogP contribution is 2.34. The molecule has 136 valence electrons. The monoisotopic (exact) mass is 418 g/mol. The summed E-state index contributed by atoms with van der Waals surface area (Å²) >= 11 is 3.27. The topological polar surface area (TPSA) is 88.4 Å². The molecule has 1 atom stereocenters. The number of pyridine rings is 1. The van der Waals surface area contributed by atoms with Crippen LogP contribution in [0.1, 0.15) is 18.5 Å². The van der Waals surface area contributed by atoms with Gasteiger partial charge in [0.15, 0.2) is 0 Å². The predicted octanol–water partition coefficient (Wildman–Crippen LogP) is 3.92. The van der Waals surface area contributed by atoms with Crippen molar-refractivity contribution in [2.24, 2.45) is 5.92 Å². The molecule has 1 aromatic carbocycles. The normalized spacial score (nSPS) is 17.0. The number of anilines is 2. The maximum Gasteiger partial charge on any atom is 0.293 e. The van der Waals surface area contributed by atoms with Gasteiger partial charge in [-0.05, 0) is 44.0 Å². The number of nitrogens with zero attached hydrogens (tertiary/aromatic N) is 3. The molecule has 0 spiro atoms. The zero-order chi connectivity index (χ0) is 18.7. The third-order valence-electron chi connectivity index (χ3n) is 4.41. The van der Waals surface area contributed by atoms with Gasteiger partial charge in [0, 0.05) is 29.3 Å². The molecule has 1 saturated heterocycles. The summed E-state index contributed by atoms with van der Waals surface area (Å²) in [4.78, 5) is 29.8. The third-order valence-corrected chi connectivity index (χ3v) is 4.90. The molecule has 2 heterocycles. The molecule has 1 aromatic heterocycles. The minimum atomic E-state index is -0.388. The third kappa shape index (κ3) is 4.19. The smallest absolute Gasteiger partial charge is 0.293 e. The molecule has 1 aliphatic heterocycles. The summed E-state index contributed by atoms with van der Waals surface area (Å²) in [5.74, 6) is 0.184. The summed E-state index contributed by atoms with van der Waals surface area (Å²) in [6, 6.07) is 10.5. The van der Waals surface area contributed by atoms with Gasteiger partial charge in [0.2, 0.25) is 5.91 Å². The van der Waals surface area contributed by atoms with E-state index in [1.54, 1.807) is 18.2 Å². The van der Waals surface area contributed by atoms with E-state index in [4.69, 9.17) is 0 Å². The number of carbonyl (C=O) groups is 1. The molecule has 0 saturated carbocycles. The lowest BCUT2D eigenvalue weighted by Gasteiger charge is -2.33. The first kappa shape index (κ1) is 18.3. The Morgan fingerprint density at radius 2 is 2.19 bits per heavy atom. The van der Waals surface area contributed by atoms with E-state index in [0.29, 0.717) is 29.1 Å². The largest absolute Gasteiger partial charge is 0.365 e. The number of benzene rings is 1. The number of amides is 1. The summed E-state index contributed by atoms with van der Waals surface area (Å²) in [6.07, 6.45) is 1.55. The molecule has 0 aliphatic carbocycles. The number of rotatable bonds is 4. The molecule has 2 aromatic rings. The minimum absolute atomic E-state index is 0.0424. The van der Waals surface area contributed by atoms with Gasteiger partial charge in [-0.1, -0.05) is 22.0 Å². The molecular weight excluding hydrogens is 400 g/mol. The Morgan fingerprint density at radius 3 is 2.92 bits per heavy atom. The van der Waals surface area contributed by atoms with Crippen LogP contribution < -0.4 is 10.2 Å². The minimum Gasteiger partial charge on any atom is -0.365 e. The first-order valence-corrected chi connectivity index (χ1v) is 9.17. The van der Waals surface area contributed by atoms with Crippen LogP contribution in [0, 0.1) is 23.0 Å². The molecular formula is C18H19BrN4O3. The lowest BCUT2D eigenvalue weighted by atomic mass is 9.96. The summed E-state index contributed by atoms with van der Waals surface area (Å²) in [5.41, 5.74) is 1.42. The average Bonchev–Trinajstić information content (AvgIpc) is 2.61. The number of nitro benzene ring substituents is 1. The number of aryl methyl sites for hydroxylation is 1. The van der Waals surface area contributed by atoms with Crippen molar-refractivity contribution >= 4 is 39.0 Å². The van der Waals surface area contributed by atoms with Crippen molar-refractivity contribution in [3.63, 3.8) is 0 Å². The van der Waals surface area contributed by atoms with Crippen LogP contribution >= 0.6 is 15.9 Å². The highest BCUT2D eigenvalue weighted by molar-refractivity contribution is 9.10. The lowest BCUT2D eigenvalue weighted by molar-refractivity contribution is -0.384. The summed E-state index contributed by atoms with van der Waals surface area (Å²) in [5, 5.41) is 14.2. The molecule has 1 unspecified atom stereocenters. The van der Waals surface area contributed by atoms with Gasteiger partial charge < -0.3 is 10.2 Å². The fourth-order valence-corrected chi connectivity index (χ4v) is 3.51. The quantitative estimate of drug-likeness (QED) is 0.600. The number of carbonyl (C=O) groups excluding carboxylic acids is 1. The van der Waals surface area contributed by atoms with Crippen molar-refractivity contribution in [2.75, 3.05) is 23.3 Å². The second-order valence-electron chi connectivity index (χ2n) is 6.33. The van der Waals surface area contributed by atoms with Crippen LogP contribution in [0.3, 0.4) is 0 Å². The van der Waals surface area contributed by atoms with E-state index in [9.17, 15) is 14.9 Å². The highest BCUT2D eigenvalue weighted by Gasteiger charge is 2.29. The fraction of sp³-hybridized carbons (Fsp3) is 0.333. The summed E-state index contributed by atoms with van der Waals surface area (Å²) in [6.45, 7) is 3.00. The zero-order valence-electron chi connectivity index (χ0n) is 14.3. The van der Waals surface area contributed by atoms with Crippen LogP contribution in [0.15, 0.2) is 40.9 Å².